The molecule has 0 bridgehead atoms. The van der Waals surface area contributed by atoms with Crippen LogP contribution in [0.15, 0.2) is 34.0 Å². The molecule has 0 unspecified atom stereocenters. The number of H-pyrrole nitrogens is 1. The van der Waals surface area contributed by atoms with Crippen LogP contribution in [0.2, 0.25) is 0 Å². The zero-order valence-electron chi connectivity index (χ0n) is 7.43. The number of aromatic amines is 1. The van der Waals surface area contributed by atoms with Gasteiger partial charge in [-0.05, 0) is 9.95 Å². The summed E-state index contributed by atoms with van der Waals surface area (Å²) in [7, 11) is 1.55. The molecule has 0 amide bonds. The Labute approximate surface area is 78.7 Å². The fraction of sp³-hybridized carbons (Fsp3) is 0.125. The van der Waals surface area contributed by atoms with E-state index in [2.05, 4.69) is 14.8 Å². The van der Waals surface area contributed by atoms with Crippen LogP contribution >= 0.6 is 0 Å². The first-order chi connectivity index (χ1) is 6.79. The Kier molecular flexibility index (Phi) is 2.02. The minimum Gasteiger partial charge on any atom is -0.495 e. The molecule has 14 heavy (non-hydrogen) atoms. The zero-order chi connectivity index (χ0) is 9.97. The molecule has 0 spiro atoms. The van der Waals surface area contributed by atoms with Crippen LogP contribution < -0.4 is 15.0 Å². The smallest absolute Gasteiger partial charge is 0.427 e. The monoisotopic (exact) mass is 194 g/mol. The number of rotatable bonds is 2. The molecule has 2 aromatic rings. The predicted octanol–water partition coefficient (Wildman–Crippen LogP) is -0.352. The Morgan fingerprint density at radius 3 is 3.07 bits per heavy atom. The topological polar surface area (TPSA) is 72.0 Å². The van der Waals surface area contributed by atoms with Crippen LogP contribution in [0.4, 0.5) is 0 Å². The number of nitrogens with zero attached hydrogens (tertiary/aromatic N) is 2. The molecule has 0 fully saturated rings. The average molecular weight is 194 g/mol. The summed E-state index contributed by atoms with van der Waals surface area (Å²) < 4.78 is 10.9. The van der Waals surface area contributed by atoms with Gasteiger partial charge in [-0.15, -0.1) is 0 Å². The van der Waals surface area contributed by atoms with Crippen LogP contribution in [0, 0.1) is 0 Å². The van der Waals surface area contributed by atoms with Gasteiger partial charge in [0, 0.05) is 0 Å². The number of hydrogen-bond acceptors (Lipinski definition) is 4. The molecule has 0 aliphatic heterocycles. The molecule has 0 radical (unpaired) electrons. The maximum Gasteiger partial charge on any atom is 0.427 e. The van der Waals surface area contributed by atoms with Crippen LogP contribution in [0.3, 0.4) is 0 Å². The zero-order valence-corrected chi connectivity index (χ0v) is 7.43. The molecule has 0 saturated heterocycles. The standard InChI is InChI=1S/C8H7N3O3/c1-13-7-2-6(3-9-4-7)11-5-8(12)14-10-11/h2-5H,1H3/p+1. The molecule has 0 aromatic carbocycles. The Bertz CT molecular complexity index is 488. The highest BCUT2D eigenvalue weighted by Gasteiger charge is 2.11. The quantitative estimate of drug-likeness (QED) is 0.663. The fourth-order valence-corrected chi connectivity index (χ4v) is 1.03. The molecular formula is C8H8N3O3+. The molecule has 0 saturated carbocycles. The van der Waals surface area contributed by atoms with E-state index in [1.165, 1.54) is 10.9 Å². The van der Waals surface area contributed by atoms with Gasteiger partial charge in [0.1, 0.15) is 11.9 Å². The summed E-state index contributed by atoms with van der Waals surface area (Å²) in [5.41, 5.74) is 0.211. The summed E-state index contributed by atoms with van der Waals surface area (Å²) in [6.07, 6.45) is 4.42. The summed E-state index contributed by atoms with van der Waals surface area (Å²) in [6, 6.07) is 1.72. The third-order valence-corrected chi connectivity index (χ3v) is 1.69. The first-order valence-electron chi connectivity index (χ1n) is 3.89. The lowest BCUT2D eigenvalue weighted by Gasteiger charge is -1.95. The van der Waals surface area contributed by atoms with E-state index in [0.717, 1.165) is 0 Å². The molecular weight excluding hydrogens is 186 g/mol. The van der Waals surface area contributed by atoms with Gasteiger partial charge in [-0.1, -0.05) is 0 Å². The van der Waals surface area contributed by atoms with Crippen LogP contribution in [-0.2, 0) is 0 Å². The van der Waals surface area contributed by atoms with E-state index in [1.54, 1.807) is 25.6 Å². The van der Waals surface area contributed by atoms with Gasteiger partial charge >= 0.3 is 5.63 Å². The largest absolute Gasteiger partial charge is 0.495 e. The van der Waals surface area contributed by atoms with Crippen molar-refractivity contribution in [3.63, 3.8) is 0 Å². The lowest BCUT2D eigenvalue weighted by Crippen LogP contribution is -2.32. The highest BCUT2D eigenvalue weighted by molar-refractivity contribution is 5.27. The minimum atomic E-state index is -0.451. The van der Waals surface area contributed by atoms with Gasteiger partial charge in [0.15, 0.2) is 0 Å². The van der Waals surface area contributed by atoms with Crippen molar-refractivity contribution >= 4 is 0 Å². The van der Waals surface area contributed by atoms with E-state index in [-0.39, 0.29) is 0 Å². The number of aromatic nitrogens is 3. The van der Waals surface area contributed by atoms with Crippen LogP contribution in [0.1, 0.15) is 0 Å². The van der Waals surface area contributed by atoms with Crippen molar-refractivity contribution in [3.8, 4) is 11.4 Å². The molecule has 0 aliphatic rings. The molecule has 2 heterocycles. The maximum absolute atomic E-state index is 10.7. The van der Waals surface area contributed by atoms with Crippen molar-refractivity contribution in [2.45, 2.75) is 0 Å². The van der Waals surface area contributed by atoms with E-state index in [0.29, 0.717) is 11.4 Å². The second kappa shape index (κ2) is 3.33. The molecule has 72 valence electrons. The van der Waals surface area contributed by atoms with Crippen LogP contribution in [-0.4, -0.2) is 17.4 Å². The lowest BCUT2D eigenvalue weighted by atomic mass is 10.4. The molecule has 2 rings (SSSR count). The SMILES string of the molecule is COc1cncc(-[n+]2cc(=O)o[nH]2)c1. The third kappa shape index (κ3) is 1.49. The van der Waals surface area contributed by atoms with E-state index in [1.807, 2.05) is 0 Å². The first kappa shape index (κ1) is 8.49. The molecule has 2 aromatic heterocycles. The van der Waals surface area contributed by atoms with E-state index in [9.17, 15) is 4.79 Å². The summed E-state index contributed by atoms with van der Waals surface area (Å²) in [6.45, 7) is 0. The molecule has 0 aliphatic carbocycles. The number of nitrogens with one attached hydrogen (secondary N) is 1. The van der Waals surface area contributed by atoms with Crippen molar-refractivity contribution in [2.24, 2.45) is 0 Å². The predicted molar refractivity (Wildman–Crippen MR) is 45.2 cm³/mol. The van der Waals surface area contributed by atoms with E-state index < -0.39 is 5.63 Å². The number of pyridine rings is 1. The van der Waals surface area contributed by atoms with Gasteiger partial charge in [0.25, 0.3) is 11.9 Å². The van der Waals surface area contributed by atoms with Gasteiger partial charge in [-0.3, -0.25) is 9.51 Å². The van der Waals surface area contributed by atoms with Gasteiger partial charge in [-0.2, -0.15) is 0 Å². The fourth-order valence-electron chi connectivity index (χ4n) is 1.03. The Morgan fingerprint density at radius 1 is 1.57 bits per heavy atom. The van der Waals surface area contributed by atoms with Crippen LogP contribution in [0.25, 0.3) is 5.69 Å². The van der Waals surface area contributed by atoms with Crippen molar-refractivity contribution in [1.29, 1.82) is 0 Å². The van der Waals surface area contributed by atoms with Gasteiger partial charge in [-0.25, -0.2) is 4.79 Å². The van der Waals surface area contributed by atoms with Gasteiger partial charge in [0.2, 0.25) is 0 Å². The van der Waals surface area contributed by atoms with Crippen LogP contribution in [0.5, 0.6) is 5.75 Å². The highest BCUT2D eigenvalue weighted by atomic mass is 16.5. The number of ether oxygens (including phenoxy) is 1. The van der Waals surface area contributed by atoms with Crippen molar-refractivity contribution in [1.82, 2.24) is 10.3 Å². The average Bonchev–Trinajstić information content (AvgIpc) is 2.65. The van der Waals surface area contributed by atoms with Gasteiger partial charge in [0.05, 0.1) is 19.4 Å². The molecule has 0 atom stereocenters. The normalized spacial score (nSPS) is 10.1. The minimum absolute atomic E-state index is 0.451. The lowest BCUT2D eigenvalue weighted by molar-refractivity contribution is -0.670. The second-order valence-electron chi connectivity index (χ2n) is 2.59. The summed E-state index contributed by atoms with van der Waals surface area (Å²) >= 11 is 0. The number of hydrogen-bond donors (Lipinski definition) is 1. The number of methoxy groups -OCH3 is 1. The molecule has 1 N–H and O–H groups in total. The van der Waals surface area contributed by atoms with Gasteiger partial charge < -0.3 is 4.74 Å². The van der Waals surface area contributed by atoms with E-state index >= 15 is 0 Å². The summed E-state index contributed by atoms with van der Waals surface area (Å²) in [4.78, 5) is 14.7. The Morgan fingerprint density at radius 2 is 2.43 bits per heavy atom. The van der Waals surface area contributed by atoms with Crippen molar-refractivity contribution in [2.75, 3.05) is 7.11 Å². The Hall–Kier alpha value is -2.11. The van der Waals surface area contributed by atoms with Crippen molar-refractivity contribution < 1.29 is 13.9 Å². The third-order valence-electron chi connectivity index (χ3n) is 1.69. The summed E-state index contributed by atoms with van der Waals surface area (Å²) in [5.74, 6) is 0.608. The maximum atomic E-state index is 10.7. The highest BCUT2D eigenvalue weighted by Crippen LogP contribution is 2.08. The van der Waals surface area contributed by atoms with E-state index in [4.69, 9.17) is 4.74 Å². The van der Waals surface area contributed by atoms with Crippen molar-refractivity contribution in [3.05, 3.63) is 35.1 Å². The second-order valence-corrected chi connectivity index (χ2v) is 2.59. The molecule has 6 heteroatoms. The Balaban J connectivity index is 2.46. The summed E-state index contributed by atoms with van der Waals surface area (Å²) in [5, 5.41) is 2.41. The first-order valence-corrected chi connectivity index (χ1v) is 3.89. The molecule has 6 nitrogen and oxygen atoms in total.